The molecule has 21 heavy (non-hydrogen) atoms. The van der Waals surface area contributed by atoms with Crippen molar-refractivity contribution in [1.29, 1.82) is 0 Å². The molecule has 0 spiro atoms. The summed E-state index contributed by atoms with van der Waals surface area (Å²) in [6.07, 6.45) is 1.25. The molecule has 0 aliphatic heterocycles. The molecular formula is C13H7BrF2N2O3. The van der Waals surface area contributed by atoms with Gasteiger partial charge in [-0.1, -0.05) is 0 Å². The van der Waals surface area contributed by atoms with Gasteiger partial charge in [-0.25, -0.2) is 18.6 Å². The van der Waals surface area contributed by atoms with Crippen LogP contribution in [0, 0.1) is 11.6 Å². The van der Waals surface area contributed by atoms with Crippen LogP contribution in [0.3, 0.4) is 0 Å². The van der Waals surface area contributed by atoms with Crippen LogP contribution < -0.4 is 5.32 Å². The third-order valence-corrected chi connectivity index (χ3v) is 2.99. The van der Waals surface area contributed by atoms with Crippen LogP contribution in [0.5, 0.6) is 0 Å². The van der Waals surface area contributed by atoms with E-state index in [0.717, 1.165) is 6.07 Å². The summed E-state index contributed by atoms with van der Waals surface area (Å²) in [5.74, 6) is -4.55. The largest absolute Gasteiger partial charge is 0.478 e. The average molecular weight is 357 g/mol. The maximum atomic E-state index is 13.6. The molecule has 0 radical (unpaired) electrons. The number of carboxylic acid groups (broad SMARTS) is 1. The van der Waals surface area contributed by atoms with Crippen LogP contribution in [0.2, 0.25) is 0 Å². The molecule has 0 atom stereocenters. The summed E-state index contributed by atoms with van der Waals surface area (Å²) in [5, 5.41) is 10.9. The smallest absolute Gasteiger partial charge is 0.338 e. The number of amides is 1. The fourth-order valence-corrected chi connectivity index (χ4v) is 1.75. The molecule has 1 heterocycles. The SMILES string of the molecule is O=C(Nc1cc(C(=O)O)c(F)cc1F)c1ccc(Br)nc1. The van der Waals surface area contributed by atoms with Crippen LogP contribution in [0.15, 0.2) is 35.1 Å². The summed E-state index contributed by atoms with van der Waals surface area (Å²) in [4.78, 5) is 26.5. The van der Waals surface area contributed by atoms with Gasteiger partial charge in [0.15, 0.2) is 0 Å². The van der Waals surface area contributed by atoms with Crippen molar-refractivity contribution in [3.8, 4) is 0 Å². The molecule has 0 unspecified atom stereocenters. The van der Waals surface area contributed by atoms with Crippen molar-refractivity contribution >= 4 is 33.5 Å². The average Bonchev–Trinajstić information content (AvgIpc) is 2.42. The van der Waals surface area contributed by atoms with E-state index in [4.69, 9.17) is 5.11 Å². The second-order valence-electron chi connectivity index (χ2n) is 3.94. The van der Waals surface area contributed by atoms with E-state index in [-0.39, 0.29) is 5.56 Å². The minimum absolute atomic E-state index is 0.138. The summed E-state index contributed by atoms with van der Waals surface area (Å²) in [6, 6.07) is 4.07. The van der Waals surface area contributed by atoms with E-state index in [1.165, 1.54) is 18.3 Å². The lowest BCUT2D eigenvalue weighted by Gasteiger charge is -2.08. The molecular weight excluding hydrogens is 350 g/mol. The van der Waals surface area contributed by atoms with E-state index in [2.05, 4.69) is 26.2 Å². The molecule has 1 aromatic heterocycles. The van der Waals surface area contributed by atoms with Gasteiger partial charge >= 0.3 is 5.97 Å². The van der Waals surface area contributed by atoms with Crippen molar-refractivity contribution in [2.24, 2.45) is 0 Å². The van der Waals surface area contributed by atoms with Crippen LogP contribution in [-0.4, -0.2) is 22.0 Å². The van der Waals surface area contributed by atoms with Gasteiger partial charge in [-0.3, -0.25) is 4.79 Å². The first kappa shape index (κ1) is 15.0. The first-order valence-corrected chi connectivity index (χ1v) is 6.33. The Labute approximate surface area is 125 Å². The molecule has 5 nitrogen and oxygen atoms in total. The second-order valence-corrected chi connectivity index (χ2v) is 4.75. The van der Waals surface area contributed by atoms with E-state index in [0.29, 0.717) is 10.7 Å². The van der Waals surface area contributed by atoms with E-state index < -0.39 is 34.8 Å². The Hall–Kier alpha value is -2.35. The minimum Gasteiger partial charge on any atom is -0.478 e. The Morgan fingerprint density at radius 3 is 2.48 bits per heavy atom. The molecule has 2 rings (SSSR count). The zero-order valence-corrected chi connectivity index (χ0v) is 11.8. The van der Waals surface area contributed by atoms with Crippen molar-refractivity contribution in [3.63, 3.8) is 0 Å². The second kappa shape index (κ2) is 5.96. The maximum Gasteiger partial charge on any atom is 0.338 e. The number of carbonyl (C=O) groups is 2. The molecule has 1 amide bonds. The van der Waals surface area contributed by atoms with Crippen LogP contribution in [0.25, 0.3) is 0 Å². The molecule has 0 saturated heterocycles. The van der Waals surface area contributed by atoms with Crippen LogP contribution in [0.4, 0.5) is 14.5 Å². The lowest BCUT2D eigenvalue weighted by molar-refractivity contribution is 0.0691. The highest BCUT2D eigenvalue weighted by atomic mass is 79.9. The highest BCUT2D eigenvalue weighted by molar-refractivity contribution is 9.10. The molecule has 0 aliphatic rings. The number of anilines is 1. The highest BCUT2D eigenvalue weighted by Gasteiger charge is 2.17. The molecule has 0 saturated carbocycles. The van der Waals surface area contributed by atoms with E-state index in [1.54, 1.807) is 0 Å². The number of rotatable bonds is 3. The van der Waals surface area contributed by atoms with Crippen molar-refractivity contribution in [2.45, 2.75) is 0 Å². The fourth-order valence-electron chi connectivity index (χ4n) is 1.51. The Kier molecular flexibility index (Phi) is 4.27. The van der Waals surface area contributed by atoms with Gasteiger partial charge in [-0.15, -0.1) is 0 Å². The van der Waals surface area contributed by atoms with E-state index in [1.807, 2.05) is 0 Å². The predicted molar refractivity (Wildman–Crippen MR) is 73.2 cm³/mol. The molecule has 8 heteroatoms. The monoisotopic (exact) mass is 356 g/mol. The highest BCUT2D eigenvalue weighted by Crippen LogP contribution is 2.20. The number of carboxylic acids is 1. The standard InChI is InChI=1S/C13H7BrF2N2O3/c14-11-2-1-6(5-17-11)12(19)18-10-3-7(13(20)21)8(15)4-9(10)16/h1-5H,(H,18,19)(H,20,21). The van der Waals surface area contributed by atoms with Crippen molar-refractivity contribution in [1.82, 2.24) is 4.98 Å². The number of nitrogens with one attached hydrogen (secondary N) is 1. The Balaban J connectivity index is 2.30. The van der Waals surface area contributed by atoms with Crippen LogP contribution in [0.1, 0.15) is 20.7 Å². The number of carbonyl (C=O) groups excluding carboxylic acids is 1. The Morgan fingerprint density at radius 1 is 1.19 bits per heavy atom. The lowest BCUT2D eigenvalue weighted by atomic mass is 10.1. The maximum absolute atomic E-state index is 13.6. The van der Waals surface area contributed by atoms with Gasteiger partial charge in [-0.2, -0.15) is 0 Å². The first-order chi connectivity index (χ1) is 9.88. The van der Waals surface area contributed by atoms with Gasteiger partial charge in [-0.05, 0) is 34.1 Å². The van der Waals surface area contributed by atoms with Gasteiger partial charge in [0.05, 0.1) is 16.8 Å². The number of halogens is 3. The number of pyridine rings is 1. The predicted octanol–water partition coefficient (Wildman–Crippen LogP) is 3.07. The zero-order valence-electron chi connectivity index (χ0n) is 10.2. The molecule has 108 valence electrons. The van der Waals surface area contributed by atoms with Gasteiger partial charge in [0.25, 0.3) is 5.91 Å². The van der Waals surface area contributed by atoms with Crippen LogP contribution >= 0.6 is 15.9 Å². The normalized spacial score (nSPS) is 10.2. The van der Waals surface area contributed by atoms with Gasteiger partial charge < -0.3 is 10.4 Å². The fraction of sp³-hybridized carbons (Fsp3) is 0. The van der Waals surface area contributed by atoms with Gasteiger partial charge in [0.2, 0.25) is 0 Å². The number of hydrogen-bond donors (Lipinski definition) is 2. The molecule has 1 aromatic carbocycles. The summed E-state index contributed by atoms with van der Waals surface area (Å²) >= 11 is 3.10. The van der Waals surface area contributed by atoms with Crippen molar-refractivity contribution < 1.29 is 23.5 Å². The third-order valence-electron chi connectivity index (χ3n) is 2.52. The number of benzene rings is 1. The quantitative estimate of drug-likeness (QED) is 0.828. The lowest BCUT2D eigenvalue weighted by Crippen LogP contribution is -2.14. The minimum atomic E-state index is -1.56. The number of nitrogens with zero attached hydrogens (tertiary/aromatic N) is 1. The van der Waals surface area contributed by atoms with Crippen LogP contribution in [-0.2, 0) is 0 Å². The Morgan fingerprint density at radius 2 is 1.90 bits per heavy atom. The van der Waals surface area contributed by atoms with Crippen molar-refractivity contribution in [2.75, 3.05) is 5.32 Å². The van der Waals surface area contributed by atoms with Crippen molar-refractivity contribution in [3.05, 3.63) is 57.8 Å². The van der Waals surface area contributed by atoms with Gasteiger partial charge in [0, 0.05) is 12.3 Å². The molecule has 0 aliphatic carbocycles. The number of aromatic nitrogens is 1. The van der Waals surface area contributed by atoms with Gasteiger partial charge in [0.1, 0.15) is 16.2 Å². The summed E-state index contributed by atoms with van der Waals surface area (Å²) in [7, 11) is 0. The zero-order chi connectivity index (χ0) is 15.6. The number of hydrogen-bond acceptors (Lipinski definition) is 3. The molecule has 2 aromatic rings. The Bertz CT molecular complexity index is 720. The van der Waals surface area contributed by atoms with E-state index in [9.17, 15) is 18.4 Å². The van der Waals surface area contributed by atoms with E-state index >= 15 is 0 Å². The molecule has 0 bridgehead atoms. The third kappa shape index (κ3) is 3.40. The first-order valence-electron chi connectivity index (χ1n) is 5.53. The molecule has 2 N–H and O–H groups in total. The molecule has 0 fully saturated rings. The summed E-state index contributed by atoms with van der Waals surface area (Å²) in [5.41, 5.74) is -1.03. The number of aromatic carboxylic acids is 1. The summed E-state index contributed by atoms with van der Waals surface area (Å²) < 4.78 is 27.3. The summed E-state index contributed by atoms with van der Waals surface area (Å²) in [6.45, 7) is 0. The topological polar surface area (TPSA) is 79.3 Å².